The first-order chi connectivity index (χ1) is 8.68. The quantitative estimate of drug-likeness (QED) is 0.841. The Hall–Kier alpha value is -1.91. The number of pyridine rings is 1. The Morgan fingerprint density at radius 1 is 1.50 bits per heavy atom. The first-order valence-electron chi connectivity index (χ1n) is 6.16. The van der Waals surface area contributed by atoms with Crippen LogP contribution in [0.3, 0.4) is 0 Å². The Labute approximate surface area is 106 Å². The van der Waals surface area contributed by atoms with E-state index in [4.69, 9.17) is 5.73 Å². The van der Waals surface area contributed by atoms with Crippen molar-refractivity contribution in [3.63, 3.8) is 0 Å². The van der Waals surface area contributed by atoms with Gasteiger partial charge in [0.15, 0.2) is 0 Å². The zero-order chi connectivity index (χ0) is 13.0. The van der Waals surface area contributed by atoms with Gasteiger partial charge in [-0.25, -0.2) is 0 Å². The third-order valence-corrected chi connectivity index (χ3v) is 3.25. The van der Waals surface area contributed by atoms with Crippen LogP contribution in [0, 0.1) is 0 Å². The van der Waals surface area contributed by atoms with E-state index in [1.54, 1.807) is 17.3 Å². The van der Waals surface area contributed by atoms with Crippen LogP contribution in [0.25, 0.3) is 0 Å². The van der Waals surface area contributed by atoms with Gasteiger partial charge in [-0.3, -0.25) is 14.6 Å². The number of hydrogen-bond acceptors (Lipinski definition) is 3. The number of nitrogens with two attached hydrogens (primary N) is 1. The summed E-state index contributed by atoms with van der Waals surface area (Å²) in [6.45, 7) is 0.638. The molecule has 0 spiro atoms. The van der Waals surface area contributed by atoms with Gasteiger partial charge in [-0.05, 0) is 30.9 Å². The van der Waals surface area contributed by atoms with Crippen LogP contribution in [0.1, 0.15) is 24.8 Å². The van der Waals surface area contributed by atoms with Crippen LogP contribution in [0.15, 0.2) is 24.5 Å². The number of carbonyl (C=O) groups excluding carboxylic acids is 2. The molecule has 2 rings (SSSR count). The van der Waals surface area contributed by atoms with Crippen molar-refractivity contribution in [2.24, 2.45) is 5.73 Å². The summed E-state index contributed by atoms with van der Waals surface area (Å²) in [5, 5.41) is 0. The molecule has 0 aromatic carbocycles. The summed E-state index contributed by atoms with van der Waals surface area (Å²) >= 11 is 0. The number of nitrogens with zero attached hydrogens (tertiary/aromatic N) is 2. The Kier molecular flexibility index (Phi) is 3.92. The fourth-order valence-corrected chi connectivity index (χ4v) is 2.30. The summed E-state index contributed by atoms with van der Waals surface area (Å²) < 4.78 is 0. The number of aromatic nitrogens is 1. The molecule has 18 heavy (non-hydrogen) atoms. The van der Waals surface area contributed by atoms with Crippen molar-refractivity contribution in [2.75, 3.05) is 6.54 Å². The van der Waals surface area contributed by atoms with Gasteiger partial charge in [0.25, 0.3) is 0 Å². The van der Waals surface area contributed by atoms with E-state index in [0.717, 1.165) is 12.0 Å². The van der Waals surface area contributed by atoms with Crippen molar-refractivity contribution < 1.29 is 9.59 Å². The lowest BCUT2D eigenvalue weighted by Crippen LogP contribution is -2.43. The predicted molar refractivity (Wildman–Crippen MR) is 66.5 cm³/mol. The molecule has 5 nitrogen and oxygen atoms in total. The second kappa shape index (κ2) is 5.62. The minimum Gasteiger partial charge on any atom is -0.368 e. The summed E-state index contributed by atoms with van der Waals surface area (Å²) in [4.78, 5) is 28.9. The van der Waals surface area contributed by atoms with E-state index in [9.17, 15) is 9.59 Å². The van der Waals surface area contributed by atoms with Crippen molar-refractivity contribution in [2.45, 2.75) is 31.7 Å². The molecule has 2 N–H and O–H groups in total. The fraction of sp³-hybridized carbons (Fsp3) is 0.462. The minimum atomic E-state index is -0.411. The fourth-order valence-electron chi connectivity index (χ4n) is 2.30. The van der Waals surface area contributed by atoms with Gasteiger partial charge in [0.05, 0.1) is 0 Å². The molecular weight excluding hydrogens is 230 g/mol. The van der Waals surface area contributed by atoms with Crippen LogP contribution in [0.4, 0.5) is 0 Å². The molecule has 5 heteroatoms. The molecule has 1 aliphatic rings. The lowest BCUT2D eigenvalue weighted by molar-refractivity contribution is -0.137. The van der Waals surface area contributed by atoms with Crippen molar-refractivity contribution in [1.82, 2.24) is 9.88 Å². The van der Waals surface area contributed by atoms with Crippen molar-refractivity contribution in [1.29, 1.82) is 0 Å². The minimum absolute atomic E-state index is 0.000142. The average Bonchev–Trinajstić information content (AvgIpc) is 2.86. The van der Waals surface area contributed by atoms with E-state index in [1.165, 1.54) is 0 Å². The van der Waals surface area contributed by atoms with E-state index in [0.29, 0.717) is 25.8 Å². The maximum atomic E-state index is 12.0. The molecule has 2 heterocycles. The van der Waals surface area contributed by atoms with Crippen LogP contribution in [-0.2, 0) is 16.0 Å². The maximum absolute atomic E-state index is 12.0. The average molecular weight is 247 g/mol. The highest BCUT2D eigenvalue weighted by atomic mass is 16.2. The Morgan fingerprint density at radius 3 is 3.00 bits per heavy atom. The maximum Gasteiger partial charge on any atom is 0.240 e. The summed E-state index contributed by atoms with van der Waals surface area (Å²) in [6, 6.07) is 3.38. The monoisotopic (exact) mass is 247 g/mol. The second-order valence-corrected chi connectivity index (χ2v) is 4.51. The van der Waals surface area contributed by atoms with E-state index >= 15 is 0 Å². The Balaban J connectivity index is 1.90. The normalized spacial score (nSPS) is 18.9. The molecule has 1 aliphatic heterocycles. The van der Waals surface area contributed by atoms with Crippen LogP contribution < -0.4 is 5.73 Å². The van der Waals surface area contributed by atoms with Gasteiger partial charge < -0.3 is 10.6 Å². The number of aryl methyl sites for hydroxylation is 1. The molecule has 1 aromatic rings. The third kappa shape index (κ3) is 2.85. The largest absolute Gasteiger partial charge is 0.368 e. The molecule has 1 aromatic heterocycles. The molecule has 0 radical (unpaired) electrons. The van der Waals surface area contributed by atoms with E-state index < -0.39 is 11.9 Å². The smallest absolute Gasteiger partial charge is 0.240 e. The van der Waals surface area contributed by atoms with Gasteiger partial charge in [-0.15, -0.1) is 0 Å². The summed E-state index contributed by atoms with van der Waals surface area (Å²) in [5.41, 5.74) is 6.32. The molecule has 0 saturated carbocycles. The van der Waals surface area contributed by atoms with Crippen molar-refractivity contribution >= 4 is 11.8 Å². The second-order valence-electron chi connectivity index (χ2n) is 4.51. The van der Waals surface area contributed by atoms with E-state index in [1.807, 2.05) is 12.1 Å². The van der Waals surface area contributed by atoms with Crippen molar-refractivity contribution in [3.8, 4) is 0 Å². The lowest BCUT2D eigenvalue weighted by Gasteiger charge is -2.22. The predicted octanol–water partition coefficient (Wildman–Crippen LogP) is 0.490. The molecule has 0 bridgehead atoms. The highest BCUT2D eigenvalue weighted by molar-refractivity contribution is 5.87. The van der Waals surface area contributed by atoms with Crippen LogP contribution in [0.5, 0.6) is 0 Å². The molecule has 1 fully saturated rings. The van der Waals surface area contributed by atoms with Gasteiger partial charge in [0.2, 0.25) is 11.8 Å². The molecule has 0 aliphatic carbocycles. The molecule has 2 amide bonds. The van der Waals surface area contributed by atoms with Gasteiger partial charge in [0.1, 0.15) is 6.04 Å². The number of amides is 2. The number of carbonyl (C=O) groups is 2. The summed E-state index contributed by atoms with van der Waals surface area (Å²) in [7, 11) is 0. The first-order valence-corrected chi connectivity index (χ1v) is 6.16. The van der Waals surface area contributed by atoms with Gasteiger partial charge in [0, 0.05) is 25.4 Å². The lowest BCUT2D eigenvalue weighted by atomic mass is 10.1. The van der Waals surface area contributed by atoms with Crippen LogP contribution in [0.2, 0.25) is 0 Å². The standard InChI is InChI=1S/C13H17N3O2/c14-13(18)11-4-2-8-16(11)12(17)6-5-10-3-1-7-15-9-10/h1,3,7,9,11H,2,4-6,8H2,(H2,14,18). The molecular formula is C13H17N3O2. The molecule has 96 valence electrons. The summed E-state index contributed by atoms with van der Waals surface area (Å²) in [6.07, 6.45) is 6.04. The number of hydrogen-bond donors (Lipinski definition) is 1. The Bertz CT molecular complexity index is 433. The first kappa shape index (κ1) is 12.5. The molecule has 1 unspecified atom stereocenters. The number of primary amides is 1. The third-order valence-electron chi connectivity index (χ3n) is 3.25. The Morgan fingerprint density at radius 2 is 2.33 bits per heavy atom. The zero-order valence-corrected chi connectivity index (χ0v) is 10.2. The summed E-state index contributed by atoms with van der Waals surface area (Å²) in [5.74, 6) is -0.401. The SMILES string of the molecule is NC(=O)C1CCCN1C(=O)CCc1cccnc1. The van der Waals surface area contributed by atoms with Gasteiger partial charge in [-0.1, -0.05) is 6.07 Å². The number of likely N-dealkylation sites (tertiary alicyclic amines) is 1. The highest BCUT2D eigenvalue weighted by Gasteiger charge is 2.31. The number of rotatable bonds is 4. The highest BCUT2D eigenvalue weighted by Crippen LogP contribution is 2.18. The zero-order valence-electron chi connectivity index (χ0n) is 10.2. The van der Waals surface area contributed by atoms with E-state index in [-0.39, 0.29) is 5.91 Å². The van der Waals surface area contributed by atoms with Gasteiger partial charge >= 0.3 is 0 Å². The van der Waals surface area contributed by atoms with Gasteiger partial charge in [-0.2, -0.15) is 0 Å². The topological polar surface area (TPSA) is 76.3 Å². The van der Waals surface area contributed by atoms with Crippen LogP contribution >= 0.6 is 0 Å². The molecule has 1 atom stereocenters. The van der Waals surface area contributed by atoms with Crippen LogP contribution in [-0.4, -0.2) is 34.3 Å². The van der Waals surface area contributed by atoms with E-state index in [2.05, 4.69) is 4.98 Å². The van der Waals surface area contributed by atoms with Crippen molar-refractivity contribution in [3.05, 3.63) is 30.1 Å². The molecule has 1 saturated heterocycles.